The summed E-state index contributed by atoms with van der Waals surface area (Å²) in [6.07, 6.45) is 7.58. The summed E-state index contributed by atoms with van der Waals surface area (Å²) in [5, 5.41) is 0. The molecule has 1 atom stereocenters. The van der Waals surface area contributed by atoms with Crippen LogP contribution in [0.1, 0.15) is 39.0 Å². The van der Waals surface area contributed by atoms with Crippen LogP contribution in [0, 0.1) is 0 Å². The fraction of sp³-hybridized carbons (Fsp3) is 1.00. The highest BCUT2D eigenvalue weighted by molar-refractivity contribution is 4.56. The van der Waals surface area contributed by atoms with Gasteiger partial charge in [-0.15, -0.1) is 0 Å². The van der Waals surface area contributed by atoms with Gasteiger partial charge in [-0.3, -0.25) is 0 Å². The third-order valence-corrected chi connectivity index (χ3v) is 1.51. The molecule has 2 rings (SSSR count). The highest BCUT2D eigenvalue weighted by Crippen LogP contribution is 2.14. The van der Waals surface area contributed by atoms with Gasteiger partial charge >= 0.3 is 0 Å². The summed E-state index contributed by atoms with van der Waals surface area (Å²) in [7, 11) is 0. The lowest BCUT2D eigenvalue weighted by Crippen LogP contribution is -1.94. The average Bonchev–Trinajstić information content (AvgIpc) is 2.64. The van der Waals surface area contributed by atoms with E-state index in [9.17, 15) is 0 Å². The van der Waals surface area contributed by atoms with Crippen molar-refractivity contribution in [2.45, 2.75) is 45.1 Å². The topological polar surface area (TPSA) is 9.23 Å². The van der Waals surface area contributed by atoms with Crippen molar-refractivity contribution >= 4 is 0 Å². The predicted octanol–water partition coefficient (Wildman–Crippen LogP) is 2.36. The molecule has 0 N–H and O–H groups in total. The average molecular weight is 128 g/mol. The molecule has 0 bridgehead atoms. The van der Waals surface area contributed by atoms with Gasteiger partial charge < -0.3 is 4.74 Å². The molecular formula is C8H16O. The zero-order valence-corrected chi connectivity index (χ0v) is 6.23. The van der Waals surface area contributed by atoms with Gasteiger partial charge in [0, 0.05) is 6.61 Å². The van der Waals surface area contributed by atoms with Crippen LogP contribution in [0.3, 0.4) is 0 Å². The molecule has 1 aliphatic heterocycles. The van der Waals surface area contributed by atoms with E-state index in [2.05, 4.69) is 6.92 Å². The van der Waals surface area contributed by atoms with Crippen LogP contribution in [-0.4, -0.2) is 12.7 Å². The van der Waals surface area contributed by atoms with Crippen LogP contribution in [0.25, 0.3) is 0 Å². The first-order valence-electron chi connectivity index (χ1n) is 4.01. The number of hydrogen-bond acceptors (Lipinski definition) is 1. The zero-order chi connectivity index (χ0) is 6.53. The second kappa shape index (κ2) is 3.89. The third kappa shape index (κ3) is 4.46. The van der Waals surface area contributed by atoms with Gasteiger partial charge in [0.15, 0.2) is 0 Å². The van der Waals surface area contributed by atoms with Crippen LogP contribution < -0.4 is 0 Å². The molecule has 0 aromatic carbocycles. The van der Waals surface area contributed by atoms with Gasteiger partial charge in [-0.05, 0) is 19.8 Å². The van der Waals surface area contributed by atoms with Crippen molar-refractivity contribution in [1.29, 1.82) is 0 Å². The summed E-state index contributed by atoms with van der Waals surface area (Å²) in [5.41, 5.74) is 0. The SMILES string of the molecule is C1CC1.CC1CCCO1. The standard InChI is InChI=1S/C5H10O.C3H6/c1-5-3-2-4-6-5;1-2-3-1/h5H,2-4H2,1H3;1-3H2. The van der Waals surface area contributed by atoms with Crippen LogP contribution in [0.2, 0.25) is 0 Å². The Morgan fingerprint density at radius 1 is 1.11 bits per heavy atom. The number of ether oxygens (including phenoxy) is 1. The molecule has 1 unspecified atom stereocenters. The predicted molar refractivity (Wildman–Crippen MR) is 38.5 cm³/mol. The Balaban J connectivity index is 0.000000112. The van der Waals surface area contributed by atoms with Crippen LogP contribution >= 0.6 is 0 Å². The van der Waals surface area contributed by atoms with Gasteiger partial charge in [-0.1, -0.05) is 19.3 Å². The molecule has 2 aliphatic rings. The van der Waals surface area contributed by atoms with Crippen LogP contribution in [-0.2, 0) is 4.74 Å². The fourth-order valence-corrected chi connectivity index (χ4v) is 0.739. The van der Waals surface area contributed by atoms with E-state index in [0.29, 0.717) is 6.10 Å². The lowest BCUT2D eigenvalue weighted by molar-refractivity contribution is 0.125. The highest BCUT2D eigenvalue weighted by Gasteiger charge is 2.07. The Labute approximate surface area is 57.4 Å². The molecule has 1 nitrogen and oxygen atoms in total. The van der Waals surface area contributed by atoms with Crippen LogP contribution in [0.4, 0.5) is 0 Å². The molecule has 1 saturated carbocycles. The maximum absolute atomic E-state index is 5.15. The summed E-state index contributed by atoms with van der Waals surface area (Å²) < 4.78 is 5.15. The molecule has 1 heterocycles. The van der Waals surface area contributed by atoms with Crippen LogP contribution in [0.5, 0.6) is 0 Å². The van der Waals surface area contributed by atoms with E-state index in [1.165, 1.54) is 32.1 Å². The smallest absolute Gasteiger partial charge is 0.0547 e. The maximum atomic E-state index is 5.15. The molecule has 54 valence electrons. The largest absolute Gasteiger partial charge is 0.379 e. The Morgan fingerprint density at radius 2 is 1.78 bits per heavy atom. The van der Waals surface area contributed by atoms with E-state index in [0.717, 1.165) is 6.61 Å². The minimum absolute atomic E-state index is 0.546. The fourth-order valence-electron chi connectivity index (χ4n) is 0.739. The summed E-state index contributed by atoms with van der Waals surface area (Å²) in [4.78, 5) is 0. The van der Waals surface area contributed by atoms with Crippen molar-refractivity contribution in [3.63, 3.8) is 0 Å². The minimum Gasteiger partial charge on any atom is -0.379 e. The summed E-state index contributed by atoms with van der Waals surface area (Å²) in [6.45, 7) is 3.11. The van der Waals surface area contributed by atoms with Gasteiger partial charge in [-0.2, -0.15) is 0 Å². The third-order valence-electron chi connectivity index (χ3n) is 1.51. The molecule has 0 aromatic heterocycles. The van der Waals surface area contributed by atoms with Gasteiger partial charge in [0.2, 0.25) is 0 Å². The first-order valence-corrected chi connectivity index (χ1v) is 4.01. The number of rotatable bonds is 0. The van der Waals surface area contributed by atoms with Gasteiger partial charge in [0.1, 0.15) is 0 Å². The molecule has 0 spiro atoms. The first kappa shape index (κ1) is 7.07. The lowest BCUT2D eigenvalue weighted by atomic mass is 10.3. The molecule has 0 radical (unpaired) electrons. The van der Waals surface area contributed by atoms with E-state index in [1.54, 1.807) is 0 Å². The summed E-state index contributed by atoms with van der Waals surface area (Å²) in [5.74, 6) is 0. The van der Waals surface area contributed by atoms with Crippen LogP contribution in [0.15, 0.2) is 0 Å². The molecule has 1 heteroatoms. The normalized spacial score (nSPS) is 31.0. The van der Waals surface area contributed by atoms with Crippen molar-refractivity contribution in [1.82, 2.24) is 0 Å². The second-order valence-electron chi connectivity index (χ2n) is 2.88. The Hall–Kier alpha value is -0.0400. The van der Waals surface area contributed by atoms with Crippen molar-refractivity contribution in [3.8, 4) is 0 Å². The zero-order valence-electron chi connectivity index (χ0n) is 6.23. The quantitative estimate of drug-likeness (QED) is 0.486. The molecule has 2 fully saturated rings. The maximum Gasteiger partial charge on any atom is 0.0547 e. The Morgan fingerprint density at radius 3 is 1.89 bits per heavy atom. The van der Waals surface area contributed by atoms with E-state index < -0.39 is 0 Å². The molecule has 0 aromatic rings. The Bertz CT molecular complexity index is 60.2. The molecular weight excluding hydrogens is 112 g/mol. The number of hydrogen-bond donors (Lipinski definition) is 0. The molecule has 0 amide bonds. The molecule has 1 aliphatic carbocycles. The second-order valence-corrected chi connectivity index (χ2v) is 2.88. The van der Waals surface area contributed by atoms with Crippen molar-refractivity contribution in [2.24, 2.45) is 0 Å². The van der Waals surface area contributed by atoms with Crippen molar-refractivity contribution in [2.75, 3.05) is 6.61 Å². The van der Waals surface area contributed by atoms with Gasteiger partial charge in [0.05, 0.1) is 6.10 Å². The molecule has 9 heavy (non-hydrogen) atoms. The van der Waals surface area contributed by atoms with Gasteiger partial charge in [0.25, 0.3) is 0 Å². The highest BCUT2D eigenvalue weighted by atomic mass is 16.5. The minimum atomic E-state index is 0.546. The monoisotopic (exact) mass is 128 g/mol. The van der Waals surface area contributed by atoms with Crippen molar-refractivity contribution < 1.29 is 4.74 Å². The van der Waals surface area contributed by atoms with Gasteiger partial charge in [-0.25, -0.2) is 0 Å². The van der Waals surface area contributed by atoms with E-state index in [-0.39, 0.29) is 0 Å². The van der Waals surface area contributed by atoms with E-state index in [4.69, 9.17) is 4.74 Å². The first-order chi connectivity index (χ1) is 4.39. The van der Waals surface area contributed by atoms with Crippen molar-refractivity contribution in [3.05, 3.63) is 0 Å². The summed E-state index contributed by atoms with van der Waals surface area (Å²) >= 11 is 0. The summed E-state index contributed by atoms with van der Waals surface area (Å²) in [6, 6.07) is 0. The lowest BCUT2D eigenvalue weighted by Gasteiger charge is -1.94. The van der Waals surface area contributed by atoms with E-state index in [1.807, 2.05) is 0 Å². The Kier molecular flexibility index (Phi) is 3.05. The van der Waals surface area contributed by atoms with E-state index >= 15 is 0 Å². The molecule has 1 saturated heterocycles.